The van der Waals surface area contributed by atoms with Gasteiger partial charge in [0.15, 0.2) is 0 Å². The van der Waals surface area contributed by atoms with Crippen LogP contribution in [0, 0.1) is 0 Å². The molecule has 1 heterocycles. The molecule has 1 aromatic heterocycles. The lowest BCUT2D eigenvalue weighted by Crippen LogP contribution is -2.15. The highest BCUT2D eigenvalue weighted by Gasteiger charge is 2.09. The second kappa shape index (κ2) is 4.69. The van der Waals surface area contributed by atoms with E-state index in [0.717, 1.165) is 0 Å². The number of methoxy groups -OCH3 is 1. The summed E-state index contributed by atoms with van der Waals surface area (Å²) in [5.41, 5.74) is 1.20. The van der Waals surface area contributed by atoms with Gasteiger partial charge in [-0.2, -0.15) is 0 Å². The third-order valence-corrected chi connectivity index (χ3v) is 2.38. The van der Waals surface area contributed by atoms with Gasteiger partial charge in [0.25, 0.3) is 5.91 Å². The maximum absolute atomic E-state index is 11.9. The predicted octanol–water partition coefficient (Wildman–Crippen LogP) is 1.68. The predicted molar refractivity (Wildman–Crippen MR) is 64.2 cm³/mol. The van der Waals surface area contributed by atoms with Gasteiger partial charge in [0, 0.05) is 18.8 Å². The van der Waals surface area contributed by atoms with E-state index in [9.17, 15) is 4.79 Å². The van der Waals surface area contributed by atoms with E-state index >= 15 is 0 Å². The van der Waals surface area contributed by atoms with Crippen LogP contribution < -0.4 is 10.1 Å². The summed E-state index contributed by atoms with van der Waals surface area (Å²) >= 11 is 0. The first-order valence-corrected chi connectivity index (χ1v) is 5.12. The number of benzene rings is 1. The molecule has 0 saturated heterocycles. The van der Waals surface area contributed by atoms with Crippen molar-refractivity contribution in [2.24, 2.45) is 7.05 Å². The van der Waals surface area contributed by atoms with Crippen LogP contribution in [-0.4, -0.2) is 22.6 Å². The maximum atomic E-state index is 11.9. The van der Waals surface area contributed by atoms with E-state index in [2.05, 4.69) is 10.3 Å². The smallest absolute Gasteiger partial charge is 0.273 e. The third-order valence-electron chi connectivity index (χ3n) is 2.38. The zero-order valence-corrected chi connectivity index (χ0v) is 9.68. The van der Waals surface area contributed by atoms with E-state index in [1.54, 1.807) is 37.2 Å². The summed E-state index contributed by atoms with van der Waals surface area (Å²) in [7, 11) is 3.36. The Bertz CT molecular complexity index is 534. The first-order valence-electron chi connectivity index (χ1n) is 5.12. The van der Waals surface area contributed by atoms with Gasteiger partial charge in [0.1, 0.15) is 11.4 Å². The summed E-state index contributed by atoms with van der Waals surface area (Å²) in [6.45, 7) is 0. The molecule has 5 heteroatoms. The Balaban J connectivity index is 2.16. The minimum atomic E-state index is -0.196. The molecule has 0 aliphatic carbocycles. The molecule has 0 atom stereocenters. The number of aryl methyl sites for hydroxylation is 1. The number of amides is 1. The Kier molecular flexibility index (Phi) is 3.09. The zero-order chi connectivity index (χ0) is 12.3. The van der Waals surface area contributed by atoms with Crippen molar-refractivity contribution in [1.29, 1.82) is 0 Å². The Morgan fingerprint density at radius 2 is 2.29 bits per heavy atom. The Morgan fingerprint density at radius 3 is 2.94 bits per heavy atom. The van der Waals surface area contributed by atoms with Crippen molar-refractivity contribution in [3.63, 3.8) is 0 Å². The highest BCUT2D eigenvalue weighted by molar-refractivity contribution is 6.03. The Labute approximate surface area is 99.0 Å². The van der Waals surface area contributed by atoms with Crippen molar-refractivity contribution in [2.45, 2.75) is 0 Å². The van der Waals surface area contributed by atoms with Crippen LogP contribution in [0.2, 0.25) is 0 Å². The first kappa shape index (κ1) is 11.2. The van der Waals surface area contributed by atoms with Crippen LogP contribution in [0.1, 0.15) is 10.5 Å². The van der Waals surface area contributed by atoms with E-state index < -0.39 is 0 Å². The minimum Gasteiger partial charge on any atom is -0.497 e. The van der Waals surface area contributed by atoms with Crippen molar-refractivity contribution < 1.29 is 9.53 Å². The lowest BCUT2D eigenvalue weighted by Gasteiger charge is -2.06. The second-order valence-corrected chi connectivity index (χ2v) is 3.58. The SMILES string of the molecule is COc1cccc(NC(=O)c2cncn2C)c1. The van der Waals surface area contributed by atoms with E-state index in [1.165, 1.54) is 6.20 Å². The van der Waals surface area contributed by atoms with Crippen molar-refractivity contribution in [1.82, 2.24) is 9.55 Å². The van der Waals surface area contributed by atoms with Crippen LogP contribution in [0.25, 0.3) is 0 Å². The molecule has 2 aromatic rings. The van der Waals surface area contributed by atoms with Gasteiger partial charge >= 0.3 is 0 Å². The fourth-order valence-electron chi connectivity index (χ4n) is 1.47. The molecular formula is C12H13N3O2. The van der Waals surface area contributed by atoms with Crippen molar-refractivity contribution >= 4 is 11.6 Å². The summed E-state index contributed by atoms with van der Waals surface area (Å²) in [6, 6.07) is 7.20. The first-order chi connectivity index (χ1) is 8.20. The third kappa shape index (κ3) is 2.44. The second-order valence-electron chi connectivity index (χ2n) is 3.58. The highest BCUT2D eigenvalue weighted by Crippen LogP contribution is 2.17. The fraction of sp³-hybridized carbons (Fsp3) is 0.167. The minimum absolute atomic E-state index is 0.196. The number of hydrogen-bond donors (Lipinski definition) is 1. The van der Waals surface area contributed by atoms with Crippen LogP contribution in [0.5, 0.6) is 5.75 Å². The van der Waals surface area contributed by atoms with Crippen molar-refractivity contribution in [3.8, 4) is 5.75 Å². The molecule has 17 heavy (non-hydrogen) atoms. The normalized spacial score (nSPS) is 10.0. The molecule has 1 aromatic carbocycles. The van der Waals surface area contributed by atoms with Gasteiger partial charge in [0.2, 0.25) is 0 Å². The van der Waals surface area contributed by atoms with Gasteiger partial charge in [-0.25, -0.2) is 4.98 Å². The van der Waals surface area contributed by atoms with E-state index in [0.29, 0.717) is 17.1 Å². The number of aromatic nitrogens is 2. The van der Waals surface area contributed by atoms with Gasteiger partial charge in [-0.1, -0.05) is 6.07 Å². The van der Waals surface area contributed by atoms with Crippen LogP contribution in [0.3, 0.4) is 0 Å². The number of nitrogens with zero attached hydrogens (tertiary/aromatic N) is 2. The number of carbonyl (C=O) groups excluding carboxylic acids is 1. The molecule has 1 amide bonds. The molecule has 5 nitrogen and oxygen atoms in total. The monoisotopic (exact) mass is 231 g/mol. The molecule has 0 aliphatic rings. The lowest BCUT2D eigenvalue weighted by atomic mass is 10.3. The summed E-state index contributed by atoms with van der Waals surface area (Å²) < 4.78 is 6.74. The van der Waals surface area contributed by atoms with Crippen LogP contribution in [0.15, 0.2) is 36.8 Å². The number of imidazole rings is 1. The summed E-state index contributed by atoms with van der Waals surface area (Å²) in [5, 5.41) is 2.78. The molecule has 0 spiro atoms. The molecule has 0 unspecified atom stereocenters. The average molecular weight is 231 g/mol. The topological polar surface area (TPSA) is 56.1 Å². The maximum Gasteiger partial charge on any atom is 0.273 e. The van der Waals surface area contributed by atoms with E-state index in [4.69, 9.17) is 4.74 Å². The molecule has 0 saturated carbocycles. The number of carbonyl (C=O) groups is 1. The average Bonchev–Trinajstić information content (AvgIpc) is 2.76. The van der Waals surface area contributed by atoms with Gasteiger partial charge in [-0.15, -0.1) is 0 Å². The van der Waals surface area contributed by atoms with Crippen molar-refractivity contribution in [2.75, 3.05) is 12.4 Å². The summed E-state index contributed by atoms with van der Waals surface area (Å²) in [5.74, 6) is 0.506. The zero-order valence-electron chi connectivity index (χ0n) is 9.68. The molecule has 0 radical (unpaired) electrons. The molecule has 1 N–H and O–H groups in total. The van der Waals surface area contributed by atoms with E-state index in [-0.39, 0.29) is 5.91 Å². The number of hydrogen-bond acceptors (Lipinski definition) is 3. The standard InChI is InChI=1S/C12H13N3O2/c1-15-8-13-7-11(15)12(16)14-9-4-3-5-10(6-9)17-2/h3-8H,1-2H3,(H,14,16). The molecule has 0 aliphatic heterocycles. The number of anilines is 1. The fourth-order valence-corrected chi connectivity index (χ4v) is 1.47. The van der Waals surface area contributed by atoms with Gasteiger partial charge in [-0.3, -0.25) is 4.79 Å². The van der Waals surface area contributed by atoms with E-state index in [1.807, 2.05) is 12.1 Å². The van der Waals surface area contributed by atoms with Gasteiger partial charge < -0.3 is 14.6 Å². The summed E-state index contributed by atoms with van der Waals surface area (Å²) in [4.78, 5) is 15.8. The van der Waals surface area contributed by atoms with Crippen LogP contribution in [0.4, 0.5) is 5.69 Å². The van der Waals surface area contributed by atoms with Gasteiger partial charge in [0.05, 0.1) is 19.6 Å². The number of ether oxygens (including phenoxy) is 1. The molecular weight excluding hydrogens is 218 g/mol. The molecule has 0 bridgehead atoms. The molecule has 88 valence electrons. The van der Waals surface area contributed by atoms with Crippen LogP contribution in [-0.2, 0) is 7.05 Å². The summed E-state index contributed by atoms with van der Waals surface area (Å²) in [6.07, 6.45) is 3.11. The number of nitrogens with one attached hydrogen (secondary N) is 1. The molecule has 2 rings (SSSR count). The molecule has 0 fully saturated rings. The van der Waals surface area contributed by atoms with Gasteiger partial charge in [-0.05, 0) is 12.1 Å². The lowest BCUT2D eigenvalue weighted by molar-refractivity contribution is 0.101. The van der Waals surface area contributed by atoms with Crippen molar-refractivity contribution in [3.05, 3.63) is 42.5 Å². The quantitative estimate of drug-likeness (QED) is 0.874. The Morgan fingerprint density at radius 1 is 1.47 bits per heavy atom. The Hall–Kier alpha value is -2.30. The van der Waals surface area contributed by atoms with Crippen LogP contribution >= 0.6 is 0 Å². The highest BCUT2D eigenvalue weighted by atomic mass is 16.5. The number of rotatable bonds is 3. The largest absolute Gasteiger partial charge is 0.497 e.